The van der Waals surface area contributed by atoms with Crippen molar-refractivity contribution in [3.8, 4) is 0 Å². The van der Waals surface area contributed by atoms with Gasteiger partial charge in [0.15, 0.2) is 0 Å². The van der Waals surface area contributed by atoms with E-state index in [1.54, 1.807) is 24.5 Å². The van der Waals surface area contributed by atoms with Crippen molar-refractivity contribution in [2.24, 2.45) is 0 Å². The van der Waals surface area contributed by atoms with E-state index in [0.717, 1.165) is 10.3 Å². The topological polar surface area (TPSA) is 9.23 Å². The second kappa shape index (κ2) is 3.44. The number of methoxy groups -OCH3 is 1. The second-order valence-corrected chi connectivity index (χ2v) is 3.72. The highest BCUT2D eigenvalue weighted by atomic mass is 32.1. The van der Waals surface area contributed by atoms with Crippen LogP contribution >= 0.6 is 11.3 Å². The second-order valence-electron chi connectivity index (χ2n) is 2.81. The van der Waals surface area contributed by atoms with Gasteiger partial charge in [-0.1, -0.05) is 6.07 Å². The molecule has 0 N–H and O–H groups in total. The third kappa shape index (κ3) is 1.45. The first-order valence-corrected chi connectivity index (χ1v) is 4.84. The van der Waals surface area contributed by atoms with E-state index in [0.29, 0.717) is 12.0 Å². The van der Waals surface area contributed by atoms with E-state index in [1.807, 2.05) is 11.4 Å². The normalized spacial score (nSPS) is 10.9. The Balaban J connectivity index is 2.64. The zero-order valence-electron chi connectivity index (χ0n) is 7.21. The van der Waals surface area contributed by atoms with E-state index < -0.39 is 0 Å². The Bertz CT molecular complexity index is 422. The molecule has 0 atom stereocenters. The summed E-state index contributed by atoms with van der Waals surface area (Å²) in [6.07, 6.45) is 0. The summed E-state index contributed by atoms with van der Waals surface area (Å²) in [6, 6.07) is 5.13. The van der Waals surface area contributed by atoms with Crippen molar-refractivity contribution < 1.29 is 9.13 Å². The Morgan fingerprint density at radius 2 is 2.31 bits per heavy atom. The molecule has 0 aliphatic rings. The van der Waals surface area contributed by atoms with Gasteiger partial charge in [-0.25, -0.2) is 4.39 Å². The largest absolute Gasteiger partial charge is 0.380 e. The van der Waals surface area contributed by atoms with Crippen molar-refractivity contribution in [2.45, 2.75) is 6.61 Å². The maximum atomic E-state index is 13.4. The number of rotatable bonds is 2. The first-order valence-electron chi connectivity index (χ1n) is 3.96. The predicted molar refractivity (Wildman–Crippen MR) is 52.5 cm³/mol. The molecule has 1 heterocycles. The molecule has 0 amide bonds. The van der Waals surface area contributed by atoms with Crippen molar-refractivity contribution in [2.75, 3.05) is 7.11 Å². The highest BCUT2D eigenvalue weighted by molar-refractivity contribution is 7.17. The lowest BCUT2D eigenvalue weighted by Gasteiger charge is -1.97. The summed E-state index contributed by atoms with van der Waals surface area (Å²) in [5.41, 5.74) is 0.931. The summed E-state index contributed by atoms with van der Waals surface area (Å²) >= 11 is 1.55. The fraction of sp³-hybridized carbons (Fsp3) is 0.200. The lowest BCUT2D eigenvalue weighted by Crippen LogP contribution is -1.86. The van der Waals surface area contributed by atoms with Crippen LogP contribution in [0.1, 0.15) is 5.56 Å². The molecule has 2 aromatic rings. The minimum atomic E-state index is -0.161. The van der Waals surface area contributed by atoms with Gasteiger partial charge in [-0.15, -0.1) is 11.3 Å². The van der Waals surface area contributed by atoms with Crippen molar-refractivity contribution in [1.29, 1.82) is 0 Å². The van der Waals surface area contributed by atoms with E-state index >= 15 is 0 Å². The van der Waals surface area contributed by atoms with Crippen LogP contribution in [0.4, 0.5) is 4.39 Å². The third-order valence-electron chi connectivity index (χ3n) is 1.92. The number of hydrogen-bond acceptors (Lipinski definition) is 2. The van der Waals surface area contributed by atoms with Crippen LogP contribution < -0.4 is 0 Å². The van der Waals surface area contributed by atoms with Crippen LogP contribution in [0.25, 0.3) is 10.1 Å². The van der Waals surface area contributed by atoms with Gasteiger partial charge in [-0.05, 0) is 23.1 Å². The molecule has 0 saturated heterocycles. The number of hydrogen-bond donors (Lipinski definition) is 0. The molecule has 13 heavy (non-hydrogen) atoms. The van der Waals surface area contributed by atoms with Gasteiger partial charge in [0.2, 0.25) is 0 Å². The fourth-order valence-corrected chi connectivity index (χ4v) is 2.33. The number of ether oxygens (including phenoxy) is 1. The minimum absolute atomic E-state index is 0.161. The predicted octanol–water partition coefficient (Wildman–Crippen LogP) is 3.19. The lowest BCUT2D eigenvalue weighted by molar-refractivity contribution is 0.186. The maximum absolute atomic E-state index is 13.4. The molecule has 1 aromatic heterocycles. The Kier molecular flexibility index (Phi) is 2.29. The molecule has 0 bridgehead atoms. The molecule has 0 saturated carbocycles. The van der Waals surface area contributed by atoms with Gasteiger partial charge >= 0.3 is 0 Å². The summed E-state index contributed by atoms with van der Waals surface area (Å²) in [5.74, 6) is -0.161. The molecule has 68 valence electrons. The summed E-state index contributed by atoms with van der Waals surface area (Å²) in [5, 5.41) is 2.64. The van der Waals surface area contributed by atoms with Crippen LogP contribution in [0.15, 0.2) is 23.6 Å². The molecule has 0 fully saturated rings. The van der Waals surface area contributed by atoms with Gasteiger partial charge in [-0.2, -0.15) is 0 Å². The van der Waals surface area contributed by atoms with Crippen LogP contribution in [-0.2, 0) is 11.3 Å². The minimum Gasteiger partial charge on any atom is -0.380 e. The molecule has 2 rings (SSSR count). The highest BCUT2D eigenvalue weighted by Crippen LogP contribution is 2.28. The molecule has 0 unspecified atom stereocenters. The quantitative estimate of drug-likeness (QED) is 0.716. The lowest BCUT2D eigenvalue weighted by atomic mass is 10.2. The maximum Gasteiger partial charge on any atom is 0.132 e. The monoisotopic (exact) mass is 196 g/mol. The molecule has 0 aliphatic heterocycles. The Morgan fingerprint density at radius 1 is 1.46 bits per heavy atom. The number of benzene rings is 1. The number of fused-ring (bicyclic) bond motifs is 1. The van der Waals surface area contributed by atoms with E-state index in [-0.39, 0.29) is 5.82 Å². The van der Waals surface area contributed by atoms with Crippen molar-refractivity contribution >= 4 is 21.4 Å². The molecular weight excluding hydrogens is 187 g/mol. The number of halogens is 1. The van der Waals surface area contributed by atoms with Crippen molar-refractivity contribution in [3.05, 3.63) is 35.0 Å². The van der Waals surface area contributed by atoms with Gasteiger partial charge < -0.3 is 4.74 Å². The van der Waals surface area contributed by atoms with E-state index in [9.17, 15) is 4.39 Å². The van der Waals surface area contributed by atoms with Gasteiger partial charge in [0, 0.05) is 17.2 Å². The van der Waals surface area contributed by atoms with Gasteiger partial charge in [0.25, 0.3) is 0 Å². The standard InChI is InChI=1S/C10H9FOS/c1-12-5-7-6-13-9-4-2-3-8(11)10(7)9/h2-4,6H,5H2,1H3. The van der Waals surface area contributed by atoms with E-state index in [1.165, 1.54) is 6.07 Å². The summed E-state index contributed by atoms with van der Waals surface area (Å²) in [4.78, 5) is 0. The zero-order chi connectivity index (χ0) is 9.26. The van der Waals surface area contributed by atoms with Crippen molar-refractivity contribution in [1.82, 2.24) is 0 Å². The van der Waals surface area contributed by atoms with E-state index in [2.05, 4.69) is 0 Å². The summed E-state index contributed by atoms with van der Waals surface area (Å²) in [7, 11) is 1.62. The van der Waals surface area contributed by atoms with E-state index in [4.69, 9.17) is 4.74 Å². The molecule has 1 aromatic carbocycles. The smallest absolute Gasteiger partial charge is 0.132 e. The Morgan fingerprint density at radius 3 is 3.08 bits per heavy atom. The zero-order valence-corrected chi connectivity index (χ0v) is 8.03. The first kappa shape index (κ1) is 8.66. The van der Waals surface area contributed by atoms with Gasteiger partial charge in [0.1, 0.15) is 5.82 Å². The van der Waals surface area contributed by atoms with Crippen LogP contribution in [0.3, 0.4) is 0 Å². The SMILES string of the molecule is COCc1csc2cccc(F)c12. The van der Waals surface area contributed by atoms with Crippen molar-refractivity contribution in [3.63, 3.8) is 0 Å². The third-order valence-corrected chi connectivity index (χ3v) is 2.92. The Labute approximate surface area is 79.8 Å². The van der Waals surface area contributed by atoms with Crippen LogP contribution in [0.2, 0.25) is 0 Å². The molecular formula is C10H9FOS. The molecule has 0 radical (unpaired) electrons. The molecule has 1 nitrogen and oxygen atoms in total. The highest BCUT2D eigenvalue weighted by Gasteiger charge is 2.07. The van der Waals surface area contributed by atoms with Crippen LogP contribution in [-0.4, -0.2) is 7.11 Å². The Hall–Kier alpha value is -0.930. The molecule has 0 spiro atoms. The average molecular weight is 196 g/mol. The number of thiophene rings is 1. The summed E-state index contributed by atoms with van der Waals surface area (Å²) in [6.45, 7) is 0.473. The van der Waals surface area contributed by atoms with Gasteiger partial charge in [0.05, 0.1) is 6.61 Å². The summed E-state index contributed by atoms with van der Waals surface area (Å²) < 4.78 is 19.3. The fourth-order valence-electron chi connectivity index (χ4n) is 1.37. The molecule has 0 aliphatic carbocycles. The molecule has 3 heteroatoms. The van der Waals surface area contributed by atoms with Gasteiger partial charge in [-0.3, -0.25) is 0 Å². The average Bonchev–Trinajstić information content (AvgIpc) is 2.51. The van der Waals surface area contributed by atoms with Crippen LogP contribution in [0.5, 0.6) is 0 Å². The first-order chi connectivity index (χ1) is 6.33. The van der Waals surface area contributed by atoms with Crippen LogP contribution in [0, 0.1) is 5.82 Å².